The summed E-state index contributed by atoms with van der Waals surface area (Å²) in [5.41, 5.74) is 0. The Labute approximate surface area is 137 Å². The van der Waals surface area contributed by atoms with Crippen LogP contribution in [0.5, 0.6) is 0 Å². The molecule has 2 aromatic heterocycles. The van der Waals surface area contributed by atoms with Crippen LogP contribution in [-0.4, -0.2) is 35.1 Å². The average Bonchev–Trinajstić information content (AvgIpc) is 3.26. The van der Waals surface area contributed by atoms with Crippen LogP contribution in [0.4, 0.5) is 10.6 Å². The number of nitrogens with one attached hydrogen (secondary N) is 2. The maximum Gasteiger partial charge on any atom is 0.317 e. The minimum absolute atomic E-state index is 0.127. The largest absolute Gasteiger partial charge is 0.363 e. The molecule has 3 amide bonds. The molecule has 23 heavy (non-hydrogen) atoms. The number of urea groups is 1. The molecule has 1 fully saturated rings. The first-order valence-electron chi connectivity index (χ1n) is 7.49. The Bertz CT molecular complexity index is 642. The van der Waals surface area contributed by atoms with Crippen LogP contribution in [0.15, 0.2) is 34.4 Å². The van der Waals surface area contributed by atoms with Crippen molar-refractivity contribution in [2.75, 3.05) is 18.4 Å². The summed E-state index contributed by atoms with van der Waals surface area (Å²) in [7, 11) is 0. The van der Waals surface area contributed by atoms with E-state index in [-0.39, 0.29) is 17.9 Å². The number of carbonyl (C=O) groups is 2. The summed E-state index contributed by atoms with van der Waals surface area (Å²) in [4.78, 5) is 27.3. The van der Waals surface area contributed by atoms with Gasteiger partial charge in [-0.2, -0.15) is 0 Å². The van der Waals surface area contributed by atoms with E-state index in [1.54, 1.807) is 22.3 Å². The lowest BCUT2D eigenvalue weighted by Crippen LogP contribution is -2.47. The summed E-state index contributed by atoms with van der Waals surface area (Å²) in [5, 5.41) is 11.2. The number of piperidine rings is 1. The molecule has 0 aromatic carbocycles. The lowest BCUT2D eigenvalue weighted by Gasteiger charge is -2.31. The van der Waals surface area contributed by atoms with Crippen LogP contribution < -0.4 is 10.6 Å². The molecular formula is C15H18N4O3S. The maximum atomic E-state index is 12.2. The Morgan fingerprint density at radius 2 is 2.35 bits per heavy atom. The molecule has 0 radical (unpaired) electrons. The van der Waals surface area contributed by atoms with Crippen LogP contribution >= 0.6 is 11.3 Å². The summed E-state index contributed by atoms with van der Waals surface area (Å²) >= 11 is 1.61. The van der Waals surface area contributed by atoms with Crippen molar-refractivity contribution < 1.29 is 14.1 Å². The van der Waals surface area contributed by atoms with Crippen LogP contribution in [0, 0.1) is 5.92 Å². The Balaban J connectivity index is 1.50. The van der Waals surface area contributed by atoms with Crippen molar-refractivity contribution in [3.8, 4) is 0 Å². The highest BCUT2D eigenvalue weighted by Crippen LogP contribution is 2.18. The number of rotatable bonds is 4. The first-order chi connectivity index (χ1) is 11.2. The molecule has 0 spiro atoms. The van der Waals surface area contributed by atoms with Crippen molar-refractivity contribution in [1.82, 2.24) is 15.4 Å². The Kier molecular flexibility index (Phi) is 4.92. The molecule has 1 atom stereocenters. The summed E-state index contributed by atoms with van der Waals surface area (Å²) in [6.07, 6.45) is 2.97. The number of likely N-dealkylation sites (tertiary alicyclic amines) is 1. The quantitative estimate of drug-likeness (QED) is 0.898. The van der Waals surface area contributed by atoms with Crippen LogP contribution in [0.1, 0.15) is 17.7 Å². The van der Waals surface area contributed by atoms with Crippen molar-refractivity contribution in [2.45, 2.75) is 19.4 Å². The number of aromatic nitrogens is 1. The molecule has 1 unspecified atom stereocenters. The fourth-order valence-electron chi connectivity index (χ4n) is 2.57. The summed E-state index contributed by atoms with van der Waals surface area (Å²) in [6, 6.07) is 5.40. The van der Waals surface area contributed by atoms with Gasteiger partial charge in [0.05, 0.1) is 12.5 Å². The third-order valence-corrected chi connectivity index (χ3v) is 4.64. The van der Waals surface area contributed by atoms with Crippen LogP contribution in [0.3, 0.4) is 0 Å². The van der Waals surface area contributed by atoms with Crippen molar-refractivity contribution in [1.29, 1.82) is 0 Å². The molecule has 1 aliphatic heterocycles. The van der Waals surface area contributed by atoms with Gasteiger partial charge < -0.3 is 20.1 Å². The molecule has 1 saturated heterocycles. The molecule has 0 aliphatic carbocycles. The Morgan fingerprint density at radius 3 is 3.09 bits per heavy atom. The highest BCUT2D eigenvalue weighted by molar-refractivity contribution is 7.09. The van der Waals surface area contributed by atoms with Crippen molar-refractivity contribution in [2.24, 2.45) is 5.92 Å². The zero-order valence-corrected chi connectivity index (χ0v) is 13.3. The normalized spacial score (nSPS) is 17.7. The number of hydrogen-bond donors (Lipinski definition) is 2. The third kappa shape index (κ3) is 4.10. The molecule has 3 rings (SSSR count). The van der Waals surface area contributed by atoms with E-state index in [1.165, 1.54) is 6.26 Å². The van der Waals surface area contributed by atoms with Crippen molar-refractivity contribution >= 4 is 29.1 Å². The minimum atomic E-state index is -0.229. The van der Waals surface area contributed by atoms with Crippen LogP contribution in [0.2, 0.25) is 0 Å². The predicted octanol–water partition coefficient (Wildman–Crippen LogP) is 2.30. The van der Waals surface area contributed by atoms with Gasteiger partial charge in [0, 0.05) is 24.0 Å². The number of thiophene rings is 1. The minimum Gasteiger partial charge on any atom is -0.363 e. The van der Waals surface area contributed by atoms with E-state index in [9.17, 15) is 9.59 Å². The second kappa shape index (κ2) is 7.28. The van der Waals surface area contributed by atoms with Crippen LogP contribution in [0.25, 0.3) is 0 Å². The predicted molar refractivity (Wildman–Crippen MR) is 86.0 cm³/mol. The Hall–Kier alpha value is -2.35. The number of nitrogens with zero attached hydrogens (tertiary/aromatic N) is 2. The molecule has 1 aliphatic rings. The van der Waals surface area contributed by atoms with Gasteiger partial charge in [-0.05, 0) is 24.3 Å². The van der Waals surface area contributed by atoms with E-state index >= 15 is 0 Å². The van der Waals surface area contributed by atoms with E-state index in [0.717, 1.165) is 17.7 Å². The van der Waals surface area contributed by atoms with Gasteiger partial charge in [-0.15, -0.1) is 11.3 Å². The zero-order valence-electron chi connectivity index (χ0n) is 12.5. The lowest BCUT2D eigenvalue weighted by molar-refractivity contribution is -0.121. The second-order valence-electron chi connectivity index (χ2n) is 5.40. The molecule has 2 N–H and O–H groups in total. The van der Waals surface area contributed by atoms with E-state index in [0.29, 0.717) is 25.5 Å². The molecule has 7 nitrogen and oxygen atoms in total. The molecular weight excluding hydrogens is 316 g/mol. The third-order valence-electron chi connectivity index (χ3n) is 3.76. The van der Waals surface area contributed by atoms with Gasteiger partial charge >= 0.3 is 6.03 Å². The molecule has 2 aromatic rings. The van der Waals surface area contributed by atoms with Gasteiger partial charge in [0.15, 0.2) is 5.82 Å². The summed E-state index contributed by atoms with van der Waals surface area (Å²) in [6.45, 7) is 1.60. The maximum absolute atomic E-state index is 12.2. The van der Waals surface area contributed by atoms with E-state index in [1.807, 2.05) is 17.5 Å². The summed E-state index contributed by atoms with van der Waals surface area (Å²) < 4.78 is 4.69. The number of hydrogen-bond acceptors (Lipinski definition) is 5. The van der Waals surface area contributed by atoms with Gasteiger partial charge in [-0.1, -0.05) is 11.2 Å². The topological polar surface area (TPSA) is 87.5 Å². The van der Waals surface area contributed by atoms with E-state index in [4.69, 9.17) is 4.52 Å². The van der Waals surface area contributed by atoms with Crippen molar-refractivity contribution in [3.63, 3.8) is 0 Å². The molecule has 0 bridgehead atoms. The number of carbonyl (C=O) groups excluding carboxylic acids is 2. The fourth-order valence-corrected chi connectivity index (χ4v) is 3.21. The fraction of sp³-hybridized carbons (Fsp3) is 0.400. The Morgan fingerprint density at radius 1 is 1.43 bits per heavy atom. The lowest BCUT2D eigenvalue weighted by atomic mass is 9.97. The highest BCUT2D eigenvalue weighted by atomic mass is 32.1. The first kappa shape index (κ1) is 15.5. The second-order valence-corrected chi connectivity index (χ2v) is 6.43. The van der Waals surface area contributed by atoms with E-state index in [2.05, 4.69) is 15.8 Å². The SMILES string of the molecule is O=C(Nc1ccon1)C1CCCN(C(=O)NCc2cccs2)C1. The highest BCUT2D eigenvalue weighted by Gasteiger charge is 2.28. The zero-order chi connectivity index (χ0) is 16.1. The summed E-state index contributed by atoms with van der Waals surface area (Å²) in [5.74, 6) is 0.0388. The molecule has 3 heterocycles. The van der Waals surface area contributed by atoms with E-state index < -0.39 is 0 Å². The number of amides is 3. The number of anilines is 1. The van der Waals surface area contributed by atoms with Gasteiger partial charge in [-0.25, -0.2) is 4.79 Å². The standard InChI is InChI=1S/C15H18N4O3S/c20-14(17-13-5-7-22-18-13)11-3-1-6-19(10-11)15(21)16-9-12-4-2-8-23-12/h2,4-5,7-8,11H,1,3,6,9-10H2,(H,16,21)(H,17,18,20). The van der Waals surface area contributed by atoms with Crippen molar-refractivity contribution in [3.05, 3.63) is 34.7 Å². The smallest absolute Gasteiger partial charge is 0.317 e. The molecule has 8 heteroatoms. The van der Waals surface area contributed by atoms with Gasteiger partial charge in [0.25, 0.3) is 0 Å². The molecule has 0 saturated carbocycles. The van der Waals surface area contributed by atoms with Gasteiger partial charge in [0.2, 0.25) is 5.91 Å². The average molecular weight is 334 g/mol. The molecule has 122 valence electrons. The van der Waals surface area contributed by atoms with Gasteiger partial charge in [-0.3, -0.25) is 4.79 Å². The first-order valence-corrected chi connectivity index (χ1v) is 8.37. The monoisotopic (exact) mass is 334 g/mol. The van der Waals surface area contributed by atoms with Gasteiger partial charge in [0.1, 0.15) is 6.26 Å². The van der Waals surface area contributed by atoms with Crippen LogP contribution in [-0.2, 0) is 11.3 Å².